The molecule has 0 spiro atoms. The smallest absolute Gasteiger partial charge is 0.287 e. The monoisotopic (exact) mass is 479 g/mol. The molecule has 3 N–H and O–H groups in total. The topological polar surface area (TPSA) is 91.1 Å². The van der Waals surface area contributed by atoms with E-state index in [0.29, 0.717) is 31.4 Å². The van der Waals surface area contributed by atoms with Gasteiger partial charge in [0.05, 0.1) is 26.0 Å². The van der Waals surface area contributed by atoms with E-state index in [1.165, 1.54) is 6.26 Å². The van der Waals surface area contributed by atoms with Crippen LogP contribution in [0.15, 0.2) is 27.8 Å². The first-order chi connectivity index (χ1) is 12.2. The second-order valence-electron chi connectivity index (χ2n) is 5.88. The first-order valence-electron chi connectivity index (χ1n) is 8.86. The molecule has 148 valence electrons. The highest BCUT2D eigenvalue weighted by Gasteiger charge is 2.16. The Labute approximate surface area is 172 Å². The van der Waals surface area contributed by atoms with Crippen LogP contribution in [0.3, 0.4) is 0 Å². The summed E-state index contributed by atoms with van der Waals surface area (Å²) in [6.07, 6.45) is 1.48. The zero-order chi connectivity index (χ0) is 17.9. The van der Waals surface area contributed by atoms with Crippen LogP contribution in [-0.2, 0) is 4.74 Å². The number of nitrogens with zero attached hydrogens (tertiary/aromatic N) is 2. The van der Waals surface area contributed by atoms with Crippen LogP contribution >= 0.6 is 24.0 Å². The second-order valence-corrected chi connectivity index (χ2v) is 5.88. The van der Waals surface area contributed by atoms with Crippen molar-refractivity contribution in [2.45, 2.75) is 19.9 Å². The summed E-state index contributed by atoms with van der Waals surface area (Å²) >= 11 is 0. The van der Waals surface area contributed by atoms with Gasteiger partial charge in [-0.15, -0.1) is 24.0 Å². The minimum atomic E-state index is -0.213. The number of carbonyl (C=O) groups excluding carboxylic acids is 1. The molecule has 2 heterocycles. The summed E-state index contributed by atoms with van der Waals surface area (Å²) in [6.45, 7) is 10.3. The van der Waals surface area contributed by atoms with E-state index in [0.717, 1.165) is 38.8 Å². The molecule has 1 aliphatic heterocycles. The number of furan rings is 1. The third-order valence-electron chi connectivity index (χ3n) is 3.97. The van der Waals surface area contributed by atoms with Crippen LogP contribution in [0.25, 0.3) is 0 Å². The van der Waals surface area contributed by atoms with Crippen LogP contribution in [0, 0.1) is 0 Å². The standard InChI is InChI=1S/C17H29N5O3.HI/c1-3-18-17(21-13-14(2)22-8-11-24-12-9-22)20-7-6-19-16(23)15-5-4-10-25-15;/h4-5,10,14H,3,6-9,11-13H2,1-2H3,(H,19,23)(H2,18,20,21);1H. The molecule has 1 aromatic heterocycles. The number of guanidine groups is 1. The normalized spacial score (nSPS) is 16.5. The summed E-state index contributed by atoms with van der Waals surface area (Å²) in [5.74, 6) is 0.865. The Kier molecular flexibility index (Phi) is 11.3. The highest BCUT2D eigenvalue weighted by molar-refractivity contribution is 14.0. The lowest BCUT2D eigenvalue weighted by molar-refractivity contribution is 0.0220. The van der Waals surface area contributed by atoms with E-state index >= 15 is 0 Å². The van der Waals surface area contributed by atoms with E-state index in [1.807, 2.05) is 6.92 Å². The highest BCUT2D eigenvalue weighted by atomic mass is 127. The third-order valence-corrected chi connectivity index (χ3v) is 3.97. The van der Waals surface area contributed by atoms with E-state index in [2.05, 4.69) is 32.8 Å². The number of hydrogen-bond acceptors (Lipinski definition) is 5. The lowest BCUT2D eigenvalue weighted by Gasteiger charge is -2.31. The van der Waals surface area contributed by atoms with E-state index < -0.39 is 0 Å². The Balaban J connectivity index is 0.00000338. The number of carbonyl (C=O) groups is 1. The maximum absolute atomic E-state index is 11.8. The van der Waals surface area contributed by atoms with E-state index in [1.54, 1.807) is 12.1 Å². The van der Waals surface area contributed by atoms with Crippen molar-refractivity contribution < 1.29 is 13.9 Å². The van der Waals surface area contributed by atoms with Crippen molar-refractivity contribution in [1.82, 2.24) is 20.9 Å². The minimum Gasteiger partial charge on any atom is -0.459 e. The SMILES string of the molecule is CCNC(=NCC(C)N1CCOCC1)NCCNC(=O)c1ccco1.I. The lowest BCUT2D eigenvalue weighted by atomic mass is 10.2. The summed E-state index contributed by atoms with van der Waals surface area (Å²) in [5, 5.41) is 9.25. The van der Waals surface area contributed by atoms with Crippen LogP contribution < -0.4 is 16.0 Å². The average molecular weight is 479 g/mol. The molecule has 0 radical (unpaired) electrons. The average Bonchev–Trinajstić information content (AvgIpc) is 3.18. The van der Waals surface area contributed by atoms with Gasteiger partial charge in [0.2, 0.25) is 0 Å². The van der Waals surface area contributed by atoms with Gasteiger partial charge in [-0.1, -0.05) is 0 Å². The van der Waals surface area contributed by atoms with Crippen molar-refractivity contribution >= 4 is 35.8 Å². The molecule has 9 heteroatoms. The molecular weight excluding hydrogens is 449 g/mol. The lowest BCUT2D eigenvalue weighted by Crippen LogP contribution is -2.45. The summed E-state index contributed by atoms with van der Waals surface area (Å²) in [5.41, 5.74) is 0. The van der Waals surface area contributed by atoms with Gasteiger partial charge in [-0.2, -0.15) is 0 Å². The van der Waals surface area contributed by atoms with Gasteiger partial charge in [0.1, 0.15) is 0 Å². The fourth-order valence-corrected chi connectivity index (χ4v) is 2.55. The molecule has 1 unspecified atom stereocenters. The van der Waals surface area contributed by atoms with Crippen molar-refractivity contribution in [3.63, 3.8) is 0 Å². The Morgan fingerprint density at radius 2 is 2.00 bits per heavy atom. The molecule has 0 saturated carbocycles. The van der Waals surface area contributed by atoms with Gasteiger partial charge in [0.15, 0.2) is 11.7 Å². The molecule has 1 amide bonds. The molecule has 0 aliphatic carbocycles. The third kappa shape index (κ3) is 7.92. The van der Waals surface area contributed by atoms with E-state index in [-0.39, 0.29) is 29.9 Å². The van der Waals surface area contributed by atoms with E-state index in [9.17, 15) is 4.79 Å². The van der Waals surface area contributed by atoms with Crippen LogP contribution in [0.4, 0.5) is 0 Å². The van der Waals surface area contributed by atoms with Crippen LogP contribution in [0.5, 0.6) is 0 Å². The fraction of sp³-hybridized carbons (Fsp3) is 0.647. The van der Waals surface area contributed by atoms with Gasteiger partial charge >= 0.3 is 0 Å². The molecule has 1 aliphatic rings. The number of hydrogen-bond donors (Lipinski definition) is 3. The zero-order valence-electron chi connectivity index (χ0n) is 15.5. The van der Waals surface area contributed by atoms with Gasteiger partial charge in [0, 0.05) is 38.8 Å². The summed E-state index contributed by atoms with van der Waals surface area (Å²) in [6, 6.07) is 3.71. The first kappa shape index (κ1) is 22.7. The number of nitrogens with one attached hydrogen (secondary N) is 3. The Hall–Kier alpha value is -1.33. The maximum atomic E-state index is 11.8. The van der Waals surface area contributed by atoms with Crippen molar-refractivity contribution in [2.24, 2.45) is 4.99 Å². The quantitative estimate of drug-likeness (QED) is 0.222. The minimum absolute atomic E-state index is 0. The van der Waals surface area contributed by atoms with Crippen LogP contribution in [0.1, 0.15) is 24.4 Å². The predicted molar refractivity (Wildman–Crippen MR) is 112 cm³/mol. The van der Waals surface area contributed by atoms with Crippen LogP contribution in [0.2, 0.25) is 0 Å². The number of amides is 1. The van der Waals surface area contributed by atoms with Gasteiger partial charge in [-0.05, 0) is 26.0 Å². The molecule has 2 rings (SSSR count). The number of morpholine rings is 1. The van der Waals surface area contributed by atoms with Crippen molar-refractivity contribution in [1.29, 1.82) is 0 Å². The Bertz CT molecular complexity index is 533. The summed E-state index contributed by atoms with van der Waals surface area (Å²) in [4.78, 5) is 18.8. The van der Waals surface area contributed by atoms with Crippen LogP contribution in [-0.4, -0.2) is 75.3 Å². The van der Waals surface area contributed by atoms with Crippen molar-refractivity contribution in [3.8, 4) is 0 Å². The molecule has 0 bridgehead atoms. The number of ether oxygens (including phenoxy) is 1. The van der Waals surface area contributed by atoms with Gasteiger partial charge in [0.25, 0.3) is 5.91 Å². The number of rotatable bonds is 8. The fourth-order valence-electron chi connectivity index (χ4n) is 2.55. The van der Waals surface area contributed by atoms with Gasteiger partial charge < -0.3 is 25.1 Å². The summed E-state index contributed by atoms with van der Waals surface area (Å²) in [7, 11) is 0. The maximum Gasteiger partial charge on any atom is 0.287 e. The van der Waals surface area contributed by atoms with Crippen molar-refractivity contribution in [2.75, 3.05) is 52.5 Å². The van der Waals surface area contributed by atoms with Gasteiger partial charge in [-0.3, -0.25) is 14.7 Å². The summed E-state index contributed by atoms with van der Waals surface area (Å²) < 4.78 is 10.4. The zero-order valence-corrected chi connectivity index (χ0v) is 17.8. The molecule has 1 fully saturated rings. The highest BCUT2D eigenvalue weighted by Crippen LogP contribution is 2.03. The second kappa shape index (κ2) is 12.9. The molecule has 8 nitrogen and oxygen atoms in total. The molecule has 1 saturated heterocycles. The molecule has 26 heavy (non-hydrogen) atoms. The Morgan fingerprint density at radius 3 is 2.65 bits per heavy atom. The molecule has 1 atom stereocenters. The number of halogens is 1. The van der Waals surface area contributed by atoms with Crippen molar-refractivity contribution in [3.05, 3.63) is 24.2 Å². The molecule has 1 aromatic rings. The van der Waals surface area contributed by atoms with E-state index in [4.69, 9.17) is 9.15 Å². The molecule has 0 aromatic carbocycles. The molecular formula is C17H30IN5O3. The first-order valence-corrected chi connectivity index (χ1v) is 8.86. The van der Waals surface area contributed by atoms with Gasteiger partial charge in [-0.25, -0.2) is 0 Å². The predicted octanol–water partition coefficient (Wildman–Crippen LogP) is 0.903. The number of aliphatic imine (C=N–C) groups is 1. The largest absolute Gasteiger partial charge is 0.459 e. The Morgan fingerprint density at radius 1 is 1.27 bits per heavy atom.